The number of aromatic nitrogens is 2. The summed E-state index contributed by atoms with van der Waals surface area (Å²) in [6.45, 7) is 0. The van der Waals surface area contributed by atoms with Crippen LogP contribution >= 0.6 is 11.6 Å². The van der Waals surface area contributed by atoms with Crippen molar-refractivity contribution in [1.29, 1.82) is 0 Å². The Bertz CT molecular complexity index is 584. The number of nitrogens with zero attached hydrogens (tertiary/aromatic N) is 2. The molecular formula is C11H9ClN2O2. The van der Waals surface area contributed by atoms with Gasteiger partial charge >= 0.3 is 0 Å². The van der Waals surface area contributed by atoms with Crippen LogP contribution in [0.3, 0.4) is 0 Å². The number of aldehydes is 1. The molecule has 5 heteroatoms. The maximum absolute atomic E-state index is 11.8. The maximum atomic E-state index is 11.8. The molecule has 0 fully saturated rings. The second kappa shape index (κ2) is 3.98. The molecule has 0 bridgehead atoms. The van der Waals surface area contributed by atoms with Crippen LogP contribution in [0, 0.1) is 0 Å². The molecule has 0 radical (unpaired) electrons. The van der Waals surface area contributed by atoms with Gasteiger partial charge in [0.1, 0.15) is 10.7 Å². The van der Waals surface area contributed by atoms with Gasteiger partial charge in [-0.05, 0) is 12.1 Å². The lowest BCUT2D eigenvalue weighted by molar-refractivity contribution is 0.111. The zero-order chi connectivity index (χ0) is 11.7. The molecule has 0 aliphatic rings. The normalized spacial score (nSPS) is 10.4. The van der Waals surface area contributed by atoms with E-state index in [4.69, 9.17) is 11.6 Å². The fraction of sp³-hybridized carbons (Fsp3) is 0.0909. The predicted octanol–water partition coefficient (Wildman–Crippen LogP) is 1.64. The molecule has 4 nitrogen and oxygen atoms in total. The summed E-state index contributed by atoms with van der Waals surface area (Å²) < 4.78 is 2.79. The first-order valence-corrected chi connectivity index (χ1v) is 5.02. The third-order valence-corrected chi connectivity index (χ3v) is 2.72. The predicted molar refractivity (Wildman–Crippen MR) is 61.4 cm³/mol. The maximum Gasteiger partial charge on any atom is 0.290 e. The Morgan fingerprint density at radius 3 is 2.38 bits per heavy atom. The SMILES string of the molecule is Cn1c(C=O)c(Cl)c(=O)n1-c1ccccc1. The first kappa shape index (κ1) is 10.7. The number of rotatable bonds is 2. The highest BCUT2D eigenvalue weighted by molar-refractivity contribution is 6.32. The molecule has 82 valence electrons. The van der Waals surface area contributed by atoms with Crippen LogP contribution in [0.4, 0.5) is 0 Å². The largest absolute Gasteiger partial charge is 0.296 e. The molecular weight excluding hydrogens is 228 g/mol. The van der Waals surface area contributed by atoms with Crippen molar-refractivity contribution in [3.8, 4) is 5.69 Å². The van der Waals surface area contributed by atoms with E-state index in [0.29, 0.717) is 12.0 Å². The van der Waals surface area contributed by atoms with E-state index in [-0.39, 0.29) is 10.7 Å². The number of hydrogen-bond donors (Lipinski definition) is 0. The summed E-state index contributed by atoms with van der Waals surface area (Å²) in [6, 6.07) is 9.00. The number of carbonyl (C=O) groups is 1. The Morgan fingerprint density at radius 1 is 1.25 bits per heavy atom. The molecule has 0 saturated heterocycles. The molecule has 16 heavy (non-hydrogen) atoms. The Hall–Kier alpha value is -1.81. The smallest absolute Gasteiger partial charge is 0.290 e. The molecule has 0 spiro atoms. The standard InChI is InChI=1S/C11H9ClN2O2/c1-13-9(7-15)10(12)11(16)14(13)8-5-3-2-4-6-8/h2-7H,1H3. The second-order valence-electron chi connectivity index (χ2n) is 3.29. The van der Waals surface area contributed by atoms with Crippen molar-refractivity contribution < 1.29 is 4.79 Å². The summed E-state index contributed by atoms with van der Waals surface area (Å²) in [7, 11) is 1.62. The van der Waals surface area contributed by atoms with E-state index in [9.17, 15) is 9.59 Å². The third-order valence-electron chi connectivity index (χ3n) is 2.37. The summed E-state index contributed by atoms with van der Waals surface area (Å²) in [5.41, 5.74) is 0.456. The summed E-state index contributed by atoms with van der Waals surface area (Å²) in [5, 5.41) is -0.0543. The van der Waals surface area contributed by atoms with Gasteiger partial charge in [-0.25, -0.2) is 4.68 Å². The van der Waals surface area contributed by atoms with Crippen molar-refractivity contribution in [3.05, 3.63) is 51.4 Å². The van der Waals surface area contributed by atoms with Gasteiger partial charge in [0.25, 0.3) is 5.56 Å². The van der Waals surface area contributed by atoms with Crippen LogP contribution in [0.1, 0.15) is 10.5 Å². The summed E-state index contributed by atoms with van der Waals surface area (Å²) in [6.07, 6.45) is 0.573. The fourth-order valence-electron chi connectivity index (χ4n) is 1.58. The van der Waals surface area contributed by atoms with Crippen molar-refractivity contribution in [2.24, 2.45) is 7.05 Å². The Balaban J connectivity index is 2.77. The lowest BCUT2D eigenvalue weighted by atomic mass is 10.3. The number of para-hydroxylation sites is 1. The number of halogens is 1. The number of benzene rings is 1. The number of carbonyl (C=O) groups excluding carboxylic acids is 1. The van der Waals surface area contributed by atoms with Gasteiger partial charge in [-0.15, -0.1) is 0 Å². The Morgan fingerprint density at radius 2 is 1.88 bits per heavy atom. The van der Waals surface area contributed by atoms with Crippen LogP contribution in [0.15, 0.2) is 35.1 Å². The van der Waals surface area contributed by atoms with E-state index >= 15 is 0 Å². The van der Waals surface area contributed by atoms with Gasteiger partial charge in [-0.2, -0.15) is 0 Å². The van der Waals surface area contributed by atoms with Crippen LogP contribution in [0.25, 0.3) is 5.69 Å². The van der Waals surface area contributed by atoms with Crippen molar-refractivity contribution >= 4 is 17.9 Å². The quantitative estimate of drug-likeness (QED) is 0.744. The van der Waals surface area contributed by atoms with E-state index < -0.39 is 5.56 Å². The molecule has 0 unspecified atom stereocenters. The van der Waals surface area contributed by atoms with Crippen LogP contribution in [0.5, 0.6) is 0 Å². The van der Waals surface area contributed by atoms with Gasteiger partial charge in [0.2, 0.25) is 0 Å². The molecule has 1 aromatic carbocycles. The van der Waals surface area contributed by atoms with E-state index in [2.05, 4.69) is 0 Å². The zero-order valence-electron chi connectivity index (χ0n) is 8.55. The van der Waals surface area contributed by atoms with Crippen LogP contribution in [-0.4, -0.2) is 15.6 Å². The Kier molecular flexibility index (Phi) is 2.66. The van der Waals surface area contributed by atoms with Crippen molar-refractivity contribution in [2.75, 3.05) is 0 Å². The van der Waals surface area contributed by atoms with Gasteiger partial charge in [-0.1, -0.05) is 29.8 Å². The van der Waals surface area contributed by atoms with E-state index in [0.717, 1.165) is 0 Å². The average molecular weight is 237 g/mol. The van der Waals surface area contributed by atoms with Crippen LogP contribution < -0.4 is 5.56 Å². The lowest BCUT2D eigenvalue weighted by Crippen LogP contribution is -2.19. The molecule has 0 aliphatic carbocycles. The highest BCUT2D eigenvalue weighted by Crippen LogP contribution is 2.12. The average Bonchev–Trinajstić information content (AvgIpc) is 2.51. The molecule has 0 aliphatic heterocycles. The molecule has 1 heterocycles. The molecule has 2 aromatic rings. The van der Waals surface area contributed by atoms with Gasteiger partial charge in [0.15, 0.2) is 6.29 Å². The van der Waals surface area contributed by atoms with E-state index in [1.807, 2.05) is 18.2 Å². The highest BCUT2D eigenvalue weighted by atomic mass is 35.5. The molecule has 0 amide bonds. The minimum atomic E-state index is -0.391. The van der Waals surface area contributed by atoms with Crippen LogP contribution in [0.2, 0.25) is 5.02 Å². The Labute approximate surface area is 96.7 Å². The molecule has 0 saturated carbocycles. The van der Waals surface area contributed by atoms with Gasteiger partial charge < -0.3 is 0 Å². The van der Waals surface area contributed by atoms with Crippen molar-refractivity contribution in [1.82, 2.24) is 9.36 Å². The topological polar surface area (TPSA) is 44.0 Å². The van der Waals surface area contributed by atoms with E-state index in [1.54, 1.807) is 19.2 Å². The molecule has 0 N–H and O–H groups in total. The first-order valence-electron chi connectivity index (χ1n) is 4.65. The van der Waals surface area contributed by atoms with Crippen molar-refractivity contribution in [2.45, 2.75) is 0 Å². The lowest BCUT2D eigenvalue weighted by Gasteiger charge is -2.06. The first-order chi connectivity index (χ1) is 7.66. The van der Waals surface area contributed by atoms with Gasteiger partial charge in [-0.3, -0.25) is 14.3 Å². The molecule has 0 atom stereocenters. The number of hydrogen-bond acceptors (Lipinski definition) is 2. The summed E-state index contributed by atoms with van der Waals surface area (Å²) in [4.78, 5) is 22.6. The monoisotopic (exact) mass is 236 g/mol. The highest BCUT2D eigenvalue weighted by Gasteiger charge is 2.16. The van der Waals surface area contributed by atoms with Gasteiger partial charge in [0, 0.05) is 7.05 Å². The summed E-state index contributed by atoms with van der Waals surface area (Å²) in [5.74, 6) is 0. The van der Waals surface area contributed by atoms with Crippen LogP contribution in [-0.2, 0) is 7.05 Å². The summed E-state index contributed by atoms with van der Waals surface area (Å²) >= 11 is 5.78. The third kappa shape index (κ3) is 1.47. The molecule has 2 rings (SSSR count). The second-order valence-corrected chi connectivity index (χ2v) is 3.67. The minimum absolute atomic E-state index is 0.0543. The van der Waals surface area contributed by atoms with Crippen molar-refractivity contribution in [3.63, 3.8) is 0 Å². The minimum Gasteiger partial charge on any atom is -0.296 e. The fourth-order valence-corrected chi connectivity index (χ4v) is 1.82. The van der Waals surface area contributed by atoms with Gasteiger partial charge in [0.05, 0.1) is 5.69 Å². The molecule has 1 aromatic heterocycles. The van der Waals surface area contributed by atoms with E-state index in [1.165, 1.54) is 9.36 Å². The zero-order valence-corrected chi connectivity index (χ0v) is 9.31.